The summed E-state index contributed by atoms with van der Waals surface area (Å²) in [7, 11) is 0. The lowest BCUT2D eigenvalue weighted by molar-refractivity contribution is 0.0504. The largest absolute Gasteiger partial charge is 0.440 e. The second kappa shape index (κ2) is 7.36. The number of fused-ring (bicyclic) bond motifs is 1. The zero-order chi connectivity index (χ0) is 18.9. The predicted molar refractivity (Wildman–Crippen MR) is 104 cm³/mol. The van der Waals surface area contributed by atoms with Crippen molar-refractivity contribution in [2.75, 3.05) is 13.2 Å². The van der Waals surface area contributed by atoms with E-state index in [1.54, 1.807) is 6.20 Å². The van der Waals surface area contributed by atoms with E-state index in [-0.39, 0.29) is 12.0 Å². The van der Waals surface area contributed by atoms with Crippen LogP contribution >= 0.6 is 0 Å². The van der Waals surface area contributed by atoms with Gasteiger partial charge in [-0.2, -0.15) is 0 Å². The SMILES string of the molecule is O=C(c1ccc2nc(C3CC3)oc2c1)N(Cc1ccccn1)C[C@H]1CCCO1. The van der Waals surface area contributed by atoms with Crippen molar-refractivity contribution in [3.05, 3.63) is 59.7 Å². The van der Waals surface area contributed by atoms with Crippen LogP contribution in [0.4, 0.5) is 0 Å². The molecule has 1 aliphatic carbocycles. The average Bonchev–Trinajstić information content (AvgIpc) is 3.28. The fraction of sp³-hybridized carbons (Fsp3) is 0.409. The lowest BCUT2D eigenvalue weighted by Gasteiger charge is -2.25. The van der Waals surface area contributed by atoms with Crippen molar-refractivity contribution in [2.45, 2.75) is 44.2 Å². The van der Waals surface area contributed by atoms with E-state index >= 15 is 0 Å². The van der Waals surface area contributed by atoms with Crippen LogP contribution in [0.1, 0.15) is 53.5 Å². The number of carbonyl (C=O) groups excluding carboxylic acids is 1. The number of amides is 1. The van der Waals surface area contributed by atoms with Gasteiger partial charge in [0.1, 0.15) is 5.52 Å². The van der Waals surface area contributed by atoms with Gasteiger partial charge in [0.2, 0.25) is 0 Å². The molecular formula is C22H23N3O3. The Hall–Kier alpha value is -2.73. The van der Waals surface area contributed by atoms with Crippen LogP contribution in [0, 0.1) is 0 Å². The Kier molecular flexibility index (Phi) is 4.56. The Bertz CT molecular complexity index is 975. The van der Waals surface area contributed by atoms with Gasteiger partial charge < -0.3 is 14.1 Å². The highest BCUT2D eigenvalue weighted by atomic mass is 16.5. The van der Waals surface area contributed by atoms with Gasteiger partial charge in [-0.25, -0.2) is 4.98 Å². The molecule has 0 unspecified atom stereocenters. The number of hydrogen-bond donors (Lipinski definition) is 0. The van der Waals surface area contributed by atoms with Crippen molar-refractivity contribution < 1.29 is 13.9 Å². The summed E-state index contributed by atoms with van der Waals surface area (Å²) >= 11 is 0. The van der Waals surface area contributed by atoms with Crippen LogP contribution in [0.3, 0.4) is 0 Å². The highest BCUT2D eigenvalue weighted by Crippen LogP contribution is 2.40. The molecule has 6 heteroatoms. The number of benzene rings is 1. The molecule has 1 amide bonds. The molecular weight excluding hydrogens is 354 g/mol. The molecule has 0 spiro atoms. The minimum absolute atomic E-state index is 0.0348. The molecule has 1 saturated carbocycles. The van der Waals surface area contributed by atoms with Crippen molar-refractivity contribution in [3.63, 3.8) is 0 Å². The molecule has 6 nitrogen and oxygen atoms in total. The number of rotatable bonds is 6. The number of aromatic nitrogens is 2. The van der Waals surface area contributed by atoms with Crippen molar-refractivity contribution in [3.8, 4) is 0 Å². The van der Waals surface area contributed by atoms with E-state index in [0.29, 0.717) is 30.2 Å². The van der Waals surface area contributed by atoms with Crippen molar-refractivity contribution in [1.29, 1.82) is 0 Å². The number of ether oxygens (including phenoxy) is 1. The Morgan fingerprint density at radius 1 is 1.18 bits per heavy atom. The molecule has 1 atom stereocenters. The molecule has 5 rings (SSSR count). The molecule has 1 saturated heterocycles. The van der Waals surface area contributed by atoms with Gasteiger partial charge in [0.05, 0.1) is 18.3 Å². The van der Waals surface area contributed by atoms with Gasteiger partial charge in [-0.05, 0) is 56.0 Å². The first-order valence-electron chi connectivity index (χ1n) is 9.97. The van der Waals surface area contributed by atoms with E-state index in [4.69, 9.17) is 9.15 Å². The molecule has 1 aromatic carbocycles. The highest BCUT2D eigenvalue weighted by molar-refractivity contribution is 5.97. The standard InChI is InChI=1S/C22H23N3O3/c26-22(16-8-9-19-20(12-16)28-21(24-19)15-6-7-15)25(14-18-5-3-11-27-18)13-17-4-1-2-10-23-17/h1-2,4,8-10,12,15,18H,3,5-7,11,13-14H2/t18-/m1/s1. The zero-order valence-corrected chi connectivity index (χ0v) is 15.7. The van der Waals surface area contributed by atoms with Crippen LogP contribution in [0.25, 0.3) is 11.1 Å². The Balaban J connectivity index is 1.41. The maximum absolute atomic E-state index is 13.3. The third kappa shape index (κ3) is 3.64. The summed E-state index contributed by atoms with van der Waals surface area (Å²) < 4.78 is 11.7. The molecule has 3 aromatic rings. The number of pyridine rings is 1. The van der Waals surface area contributed by atoms with E-state index in [0.717, 1.165) is 49.4 Å². The first kappa shape index (κ1) is 17.4. The number of oxazole rings is 1. The first-order valence-corrected chi connectivity index (χ1v) is 9.97. The summed E-state index contributed by atoms with van der Waals surface area (Å²) in [6, 6.07) is 11.3. The van der Waals surface area contributed by atoms with Crippen molar-refractivity contribution in [1.82, 2.24) is 14.9 Å². The van der Waals surface area contributed by atoms with Crippen LogP contribution in [0.2, 0.25) is 0 Å². The Morgan fingerprint density at radius 3 is 2.86 bits per heavy atom. The van der Waals surface area contributed by atoms with E-state index in [9.17, 15) is 4.79 Å². The van der Waals surface area contributed by atoms with Gasteiger partial charge in [0, 0.05) is 30.8 Å². The zero-order valence-electron chi connectivity index (χ0n) is 15.7. The van der Waals surface area contributed by atoms with Gasteiger partial charge in [-0.1, -0.05) is 6.07 Å². The number of nitrogens with zero attached hydrogens (tertiary/aromatic N) is 3. The van der Waals surface area contributed by atoms with E-state index in [2.05, 4.69) is 9.97 Å². The lowest BCUT2D eigenvalue weighted by Crippen LogP contribution is -2.37. The van der Waals surface area contributed by atoms with Crippen LogP contribution in [-0.2, 0) is 11.3 Å². The summed E-state index contributed by atoms with van der Waals surface area (Å²) in [6.45, 7) is 1.79. The minimum atomic E-state index is -0.0348. The topological polar surface area (TPSA) is 68.5 Å². The monoisotopic (exact) mass is 377 g/mol. The summed E-state index contributed by atoms with van der Waals surface area (Å²) in [5, 5.41) is 0. The Labute approximate surface area is 163 Å². The molecule has 3 heterocycles. The van der Waals surface area contributed by atoms with E-state index in [1.807, 2.05) is 41.3 Å². The second-order valence-corrected chi connectivity index (χ2v) is 7.65. The second-order valence-electron chi connectivity index (χ2n) is 7.65. The molecule has 0 radical (unpaired) electrons. The molecule has 2 aliphatic rings. The van der Waals surface area contributed by atoms with Gasteiger partial charge in [0.15, 0.2) is 11.5 Å². The van der Waals surface area contributed by atoms with Crippen LogP contribution < -0.4 is 0 Å². The summed E-state index contributed by atoms with van der Waals surface area (Å²) in [5.41, 5.74) is 2.97. The summed E-state index contributed by atoms with van der Waals surface area (Å²) in [4.78, 5) is 24.1. The minimum Gasteiger partial charge on any atom is -0.440 e. The molecule has 2 aromatic heterocycles. The number of hydrogen-bond acceptors (Lipinski definition) is 5. The van der Waals surface area contributed by atoms with E-state index < -0.39 is 0 Å². The average molecular weight is 377 g/mol. The van der Waals surface area contributed by atoms with Crippen LogP contribution in [0.15, 0.2) is 47.0 Å². The third-order valence-electron chi connectivity index (χ3n) is 5.39. The van der Waals surface area contributed by atoms with Gasteiger partial charge >= 0.3 is 0 Å². The van der Waals surface area contributed by atoms with Gasteiger partial charge in [0.25, 0.3) is 5.91 Å². The lowest BCUT2D eigenvalue weighted by atomic mass is 10.1. The fourth-order valence-electron chi connectivity index (χ4n) is 3.70. The molecule has 144 valence electrons. The summed E-state index contributed by atoms with van der Waals surface area (Å²) in [6.07, 6.45) is 6.14. The molecule has 0 bridgehead atoms. The van der Waals surface area contributed by atoms with E-state index in [1.165, 1.54) is 0 Å². The van der Waals surface area contributed by atoms with Crippen molar-refractivity contribution >= 4 is 17.0 Å². The first-order chi connectivity index (χ1) is 13.8. The maximum atomic E-state index is 13.3. The molecule has 28 heavy (non-hydrogen) atoms. The molecule has 1 aliphatic heterocycles. The fourth-order valence-corrected chi connectivity index (χ4v) is 3.70. The van der Waals surface area contributed by atoms with Gasteiger partial charge in [-0.15, -0.1) is 0 Å². The summed E-state index contributed by atoms with van der Waals surface area (Å²) in [5.74, 6) is 1.21. The quantitative estimate of drug-likeness (QED) is 0.651. The highest BCUT2D eigenvalue weighted by Gasteiger charge is 2.29. The van der Waals surface area contributed by atoms with Gasteiger partial charge in [-0.3, -0.25) is 9.78 Å². The maximum Gasteiger partial charge on any atom is 0.254 e. The third-order valence-corrected chi connectivity index (χ3v) is 5.39. The molecule has 2 fully saturated rings. The van der Waals surface area contributed by atoms with Crippen LogP contribution in [0.5, 0.6) is 0 Å². The Morgan fingerprint density at radius 2 is 2.11 bits per heavy atom. The smallest absolute Gasteiger partial charge is 0.254 e. The predicted octanol–water partition coefficient (Wildman–Crippen LogP) is 3.92. The normalized spacial score (nSPS) is 19.2. The van der Waals surface area contributed by atoms with Crippen LogP contribution in [-0.4, -0.2) is 40.0 Å². The molecule has 0 N–H and O–H groups in total. The van der Waals surface area contributed by atoms with Crippen molar-refractivity contribution in [2.24, 2.45) is 0 Å². The number of carbonyl (C=O) groups is 1.